The average molecular weight is 443 g/mol. The van der Waals surface area contributed by atoms with Gasteiger partial charge in [0.2, 0.25) is 0 Å². The SMILES string of the molecule is O=C(O)c1cc(Cl)cnc1Cc1ccc2c(ccn2Cc2cccc(OC(F)F)c2)c1. The Morgan fingerprint density at radius 2 is 1.97 bits per heavy atom. The Morgan fingerprint density at radius 3 is 2.74 bits per heavy atom. The van der Waals surface area contributed by atoms with Gasteiger partial charge >= 0.3 is 12.6 Å². The standard InChI is InChI=1S/C23H17ClF2N2O3/c24-17-11-19(22(29)30)20(27-12-17)10-14-4-5-21-16(8-14)6-7-28(21)13-15-2-1-3-18(9-15)31-23(25)26/h1-9,11-12,23H,10,13H2,(H,29,30). The summed E-state index contributed by atoms with van der Waals surface area (Å²) in [6.45, 7) is -2.37. The van der Waals surface area contributed by atoms with Crippen LogP contribution in [0.2, 0.25) is 5.02 Å². The van der Waals surface area contributed by atoms with E-state index in [1.54, 1.807) is 12.1 Å². The number of carbonyl (C=O) groups is 1. The predicted molar refractivity (Wildman–Crippen MR) is 113 cm³/mol. The summed E-state index contributed by atoms with van der Waals surface area (Å²) in [7, 11) is 0. The number of nitrogens with zero attached hydrogens (tertiary/aromatic N) is 2. The summed E-state index contributed by atoms with van der Waals surface area (Å²) in [5, 5.41) is 10.6. The van der Waals surface area contributed by atoms with E-state index in [0.717, 1.165) is 22.0 Å². The highest BCUT2D eigenvalue weighted by atomic mass is 35.5. The van der Waals surface area contributed by atoms with Crippen molar-refractivity contribution >= 4 is 28.5 Å². The van der Waals surface area contributed by atoms with Crippen LogP contribution < -0.4 is 4.74 Å². The number of hydrogen-bond acceptors (Lipinski definition) is 3. The van der Waals surface area contributed by atoms with Gasteiger partial charge in [-0.15, -0.1) is 0 Å². The Hall–Kier alpha value is -3.45. The van der Waals surface area contributed by atoms with Crippen molar-refractivity contribution in [3.05, 3.63) is 94.4 Å². The number of aromatic nitrogens is 2. The Morgan fingerprint density at radius 1 is 1.13 bits per heavy atom. The molecule has 0 aliphatic rings. The second-order valence-corrected chi connectivity index (χ2v) is 7.43. The van der Waals surface area contributed by atoms with E-state index in [4.69, 9.17) is 11.6 Å². The van der Waals surface area contributed by atoms with Gasteiger partial charge in [0.25, 0.3) is 0 Å². The molecule has 5 nitrogen and oxygen atoms in total. The zero-order valence-corrected chi connectivity index (χ0v) is 16.9. The van der Waals surface area contributed by atoms with E-state index in [1.165, 1.54) is 18.3 Å². The van der Waals surface area contributed by atoms with E-state index >= 15 is 0 Å². The number of pyridine rings is 1. The average Bonchev–Trinajstić information content (AvgIpc) is 3.11. The molecule has 0 fully saturated rings. The maximum Gasteiger partial charge on any atom is 0.387 e. The summed E-state index contributed by atoms with van der Waals surface area (Å²) in [6.07, 6.45) is 3.70. The van der Waals surface area contributed by atoms with Crippen molar-refractivity contribution in [2.45, 2.75) is 19.6 Å². The summed E-state index contributed by atoms with van der Waals surface area (Å²) >= 11 is 5.87. The van der Waals surface area contributed by atoms with Gasteiger partial charge in [-0.2, -0.15) is 8.78 Å². The fraction of sp³-hybridized carbons (Fsp3) is 0.130. The lowest BCUT2D eigenvalue weighted by atomic mass is 10.0. The number of rotatable bonds is 7. The van der Waals surface area contributed by atoms with Crippen LogP contribution in [0.4, 0.5) is 8.78 Å². The van der Waals surface area contributed by atoms with Gasteiger partial charge in [0, 0.05) is 30.9 Å². The molecule has 8 heteroatoms. The molecule has 4 aromatic rings. The molecule has 2 aromatic carbocycles. The minimum Gasteiger partial charge on any atom is -0.478 e. The number of benzene rings is 2. The molecule has 0 bridgehead atoms. The highest BCUT2D eigenvalue weighted by Crippen LogP contribution is 2.23. The third kappa shape index (κ3) is 4.83. The number of carboxylic acids is 1. The zero-order chi connectivity index (χ0) is 22.0. The molecule has 0 spiro atoms. The number of alkyl halides is 2. The molecule has 0 radical (unpaired) electrons. The van der Waals surface area contributed by atoms with Crippen molar-refractivity contribution in [1.29, 1.82) is 0 Å². The molecule has 0 aliphatic carbocycles. The highest BCUT2D eigenvalue weighted by molar-refractivity contribution is 6.30. The first-order chi connectivity index (χ1) is 14.9. The van der Waals surface area contributed by atoms with Crippen LogP contribution in [-0.2, 0) is 13.0 Å². The number of ether oxygens (including phenoxy) is 1. The first kappa shape index (κ1) is 20.8. The molecule has 0 aliphatic heterocycles. The van der Waals surface area contributed by atoms with Gasteiger partial charge < -0.3 is 14.4 Å². The maximum absolute atomic E-state index is 12.4. The zero-order valence-electron chi connectivity index (χ0n) is 16.1. The van der Waals surface area contributed by atoms with Gasteiger partial charge in [-0.25, -0.2) is 4.79 Å². The van der Waals surface area contributed by atoms with Crippen LogP contribution in [0.5, 0.6) is 5.75 Å². The Bertz CT molecular complexity index is 1260. The molecule has 0 atom stereocenters. The smallest absolute Gasteiger partial charge is 0.387 e. The van der Waals surface area contributed by atoms with Gasteiger partial charge in [0.15, 0.2) is 0 Å². The predicted octanol–water partition coefficient (Wildman–Crippen LogP) is 5.63. The van der Waals surface area contributed by atoms with E-state index in [2.05, 4.69) is 9.72 Å². The normalized spacial score (nSPS) is 11.2. The molecule has 0 amide bonds. The summed E-state index contributed by atoms with van der Waals surface area (Å²) in [4.78, 5) is 15.7. The summed E-state index contributed by atoms with van der Waals surface area (Å²) < 4.78 is 31.4. The van der Waals surface area contributed by atoms with Crippen LogP contribution in [0.15, 0.2) is 67.0 Å². The van der Waals surface area contributed by atoms with E-state index in [1.807, 2.05) is 41.1 Å². The number of fused-ring (bicyclic) bond motifs is 1. The Balaban J connectivity index is 1.57. The molecule has 1 N–H and O–H groups in total. The molecule has 31 heavy (non-hydrogen) atoms. The monoisotopic (exact) mass is 442 g/mol. The molecular weight excluding hydrogens is 426 g/mol. The molecule has 158 valence electrons. The van der Waals surface area contributed by atoms with Crippen LogP contribution >= 0.6 is 11.6 Å². The fourth-order valence-corrected chi connectivity index (χ4v) is 3.66. The first-order valence-corrected chi connectivity index (χ1v) is 9.76. The van der Waals surface area contributed by atoms with Crippen LogP contribution in [0, 0.1) is 0 Å². The minimum absolute atomic E-state index is 0.0797. The number of halogens is 3. The fourth-order valence-electron chi connectivity index (χ4n) is 3.50. The summed E-state index contributed by atoms with van der Waals surface area (Å²) in [5.74, 6) is -0.953. The largest absolute Gasteiger partial charge is 0.478 e. The third-order valence-corrected chi connectivity index (χ3v) is 5.06. The topological polar surface area (TPSA) is 64.3 Å². The Labute approximate surface area is 181 Å². The lowest BCUT2D eigenvalue weighted by Crippen LogP contribution is -2.05. The number of hydrogen-bond donors (Lipinski definition) is 1. The molecule has 0 saturated carbocycles. The molecule has 0 unspecified atom stereocenters. The number of carboxylic acid groups (broad SMARTS) is 1. The third-order valence-electron chi connectivity index (χ3n) is 4.85. The van der Waals surface area contributed by atoms with Gasteiger partial charge in [-0.3, -0.25) is 4.98 Å². The second kappa shape index (κ2) is 8.73. The number of aromatic carboxylic acids is 1. The van der Waals surface area contributed by atoms with Gasteiger partial charge in [0.1, 0.15) is 5.75 Å². The maximum atomic E-state index is 12.4. The summed E-state index contributed by atoms with van der Waals surface area (Å²) in [6, 6.07) is 15.8. The van der Waals surface area contributed by atoms with Crippen LogP contribution in [-0.4, -0.2) is 27.2 Å². The quantitative estimate of drug-likeness (QED) is 0.403. The Kier molecular flexibility index (Phi) is 5.86. The second-order valence-electron chi connectivity index (χ2n) is 6.99. The van der Waals surface area contributed by atoms with Crippen molar-refractivity contribution in [1.82, 2.24) is 9.55 Å². The molecule has 2 heterocycles. The van der Waals surface area contributed by atoms with E-state index in [9.17, 15) is 18.7 Å². The highest BCUT2D eigenvalue weighted by Gasteiger charge is 2.14. The van der Waals surface area contributed by atoms with E-state index in [0.29, 0.717) is 18.7 Å². The minimum atomic E-state index is -2.86. The summed E-state index contributed by atoms with van der Waals surface area (Å²) in [5.41, 5.74) is 3.22. The van der Waals surface area contributed by atoms with Crippen LogP contribution in [0.25, 0.3) is 10.9 Å². The van der Waals surface area contributed by atoms with Crippen molar-refractivity contribution in [3.63, 3.8) is 0 Å². The van der Waals surface area contributed by atoms with Crippen molar-refractivity contribution in [3.8, 4) is 5.75 Å². The lowest BCUT2D eigenvalue weighted by Gasteiger charge is -2.10. The van der Waals surface area contributed by atoms with Gasteiger partial charge in [-0.1, -0.05) is 29.8 Å². The molecular formula is C23H17ClF2N2O3. The van der Waals surface area contributed by atoms with E-state index < -0.39 is 12.6 Å². The lowest BCUT2D eigenvalue weighted by molar-refractivity contribution is -0.0498. The van der Waals surface area contributed by atoms with Crippen LogP contribution in [0.1, 0.15) is 27.2 Å². The van der Waals surface area contributed by atoms with Crippen molar-refractivity contribution in [2.24, 2.45) is 0 Å². The molecule has 0 saturated heterocycles. The molecule has 2 aromatic heterocycles. The van der Waals surface area contributed by atoms with Gasteiger partial charge in [0.05, 0.1) is 16.3 Å². The van der Waals surface area contributed by atoms with Gasteiger partial charge in [-0.05, 0) is 52.9 Å². The van der Waals surface area contributed by atoms with Crippen molar-refractivity contribution in [2.75, 3.05) is 0 Å². The van der Waals surface area contributed by atoms with Crippen LogP contribution in [0.3, 0.4) is 0 Å². The van der Waals surface area contributed by atoms with Crippen molar-refractivity contribution < 1.29 is 23.4 Å². The first-order valence-electron chi connectivity index (χ1n) is 9.38. The molecule has 4 rings (SSSR count). The van der Waals surface area contributed by atoms with E-state index in [-0.39, 0.29) is 16.3 Å².